The van der Waals surface area contributed by atoms with E-state index in [1.807, 2.05) is 41.5 Å². The van der Waals surface area contributed by atoms with Crippen LogP contribution in [0.3, 0.4) is 0 Å². The van der Waals surface area contributed by atoms with E-state index in [9.17, 15) is 14.4 Å². The molecule has 2 N–H and O–H groups in total. The molecule has 3 aromatic heterocycles. The number of nitrogens with zero attached hydrogens (tertiary/aromatic N) is 4. The first-order valence-electron chi connectivity index (χ1n) is 10.3. The highest BCUT2D eigenvalue weighted by molar-refractivity contribution is 6.11. The van der Waals surface area contributed by atoms with E-state index in [2.05, 4.69) is 25.3 Å². The van der Waals surface area contributed by atoms with Gasteiger partial charge in [0.15, 0.2) is 5.65 Å². The number of anilines is 1. The molecule has 3 rings (SSSR count). The molecule has 0 bridgehead atoms. The summed E-state index contributed by atoms with van der Waals surface area (Å²) >= 11 is 0. The Labute approximate surface area is 180 Å². The minimum Gasteiger partial charge on any atom is -0.319 e. The van der Waals surface area contributed by atoms with Crippen molar-refractivity contribution in [2.24, 2.45) is 0 Å². The molecular formula is C22H28N6O3. The van der Waals surface area contributed by atoms with Crippen LogP contribution in [0.5, 0.6) is 0 Å². The van der Waals surface area contributed by atoms with Crippen LogP contribution >= 0.6 is 0 Å². The van der Waals surface area contributed by atoms with Gasteiger partial charge in [-0.3, -0.25) is 19.1 Å². The van der Waals surface area contributed by atoms with Gasteiger partial charge in [-0.15, -0.1) is 0 Å². The average molecular weight is 425 g/mol. The van der Waals surface area contributed by atoms with Crippen molar-refractivity contribution < 1.29 is 4.79 Å². The lowest BCUT2D eigenvalue weighted by molar-refractivity contribution is 0.102. The Hall–Kier alpha value is -3.36. The molecule has 3 aromatic rings. The number of hydrogen-bond donors (Lipinski definition) is 2. The van der Waals surface area contributed by atoms with Gasteiger partial charge < -0.3 is 5.32 Å². The van der Waals surface area contributed by atoms with Crippen molar-refractivity contribution in [3.05, 3.63) is 56.4 Å². The van der Waals surface area contributed by atoms with Gasteiger partial charge in [0, 0.05) is 17.7 Å². The van der Waals surface area contributed by atoms with Crippen molar-refractivity contribution in [2.75, 3.05) is 5.32 Å². The smallest absolute Gasteiger partial charge is 0.319 e. The van der Waals surface area contributed by atoms with Gasteiger partial charge in [0.1, 0.15) is 5.82 Å². The van der Waals surface area contributed by atoms with Crippen LogP contribution in [0.4, 0.5) is 5.69 Å². The first-order chi connectivity index (χ1) is 14.5. The van der Waals surface area contributed by atoms with Crippen LogP contribution in [-0.2, 0) is 12.0 Å². The van der Waals surface area contributed by atoms with Crippen LogP contribution < -0.4 is 16.6 Å². The summed E-state index contributed by atoms with van der Waals surface area (Å²) in [6.07, 6.45) is 3.75. The zero-order chi connectivity index (χ0) is 22.9. The maximum atomic E-state index is 13.2. The van der Waals surface area contributed by atoms with E-state index in [0.29, 0.717) is 30.2 Å². The molecule has 0 aliphatic carbocycles. The molecule has 0 aliphatic rings. The second-order valence-corrected chi connectivity index (χ2v) is 8.86. The van der Waals surface area contributed by atoms with E-state index in [4.69, 9.17) is 0 Å². The van der Waals surface area contributed by atoms with Gasteiger partial charge in [0.2, 0.25) is 0 Å². The molecule has 0 spiro atoms. The maximum Gasteiger partial charge on any atom is 0.329 e. The van der Waals surface area contributed by atoms with Crippen molar-refractivity contribution in [3.8, 4) is 0 Å². The molecule has 3 heterocycles. The number of aromatic nitrogens is 5. The molecule has 0 saturated carbocycles. The summed E-state index contributed by atoms with van der Waals surface area (Å²) in [5, 5.41) is 2.84. The number of H-pyrrole nitrogens is 1. The monoisotopic (exact) mass is 424 g/mol. The summed E-state index contributed by atoms with van der Waals surface area (Å²) in [5.74, 6) is 0.158. The number of fused-ring (bicyclic) bond motifs is 1. The Morgan fingerprint density at radius 2 is 1.84 bits per heavy atom. The van der Waals surface area contributed by atoms with Crippen molar-refractivity contribution >= 4 is 22.6 Å². The number of nitrogens with one attached hydrogen (secondary N) is 2. The van der Waals surface area contributed by atoms with Crippen molar-refractivity contribution in [3.63, 3.8) is 0 Å². The zero-order valence-corrected chi connectivity index (χ0v) is 18.7. The third-order valence-electron chi connectivity index (χ3n) is 4.83. The molecule has 31 heavy (non-hydrogen) atoms. The Kier molecular flexibility index (Phi) is 6.06. The predicted octanol–water partition coefficient (Wildman–Crippen LogP) is 2.96. The fourth-order valence-electron chi connectivity index (χ4n) is 3.18. The average Bonchev–Trinajstić information content (AvgIpc) is 2.69. The highest BCUT2D eigenvalue weighted by atomic mass is 16.2. The molecule has 0 aliphatic heterocycles. The first kappa shape index (κ1) is 22.3. The van der Waals surface area contributed by atoms with Gasteiger partial charge in [-0.25, -0.2) is 19.7 Å². The molecule has 0 aromatic carbocycles. The van der Waals surface area contributed by atoms with Crippen molar-refractivity contribution in [2.45, 2.75) is 65.8 Å². The summed E-state index contributed by atoms with van der Waals surface area (Å²) in [4.78, 5) is 53.7. The molecule has 1 amide bonds. The van der Waals surface area contributed by atoms with Gasteiger partial charge in [0.05, 0.1) is 29.0 Å². The van der Waals surface area contributed by atoms with E-state index in [-0.39, 0.29) is 27.9 Å². The normalized spacial score (nSPS) is 11.8. The van der Waals surface area contributed by atoms with Crippen LogP contribution in [0, 0.1) is 0 Å². The molecule has 0 unspecified atom stereocenters. The van der Waals surface area contributed by atoms with Crippen molar-refractivity contribution in [1.29, 1.82) is 0 Å². The summed E-state index contributed by atoms with van der Waals surface area (Å²) in [6.45, 7) is 12.2. The fraction of sp³-hybridized carbons (Fsp3) is 0.455. The lowest BCUT2D eigenvalue weighted by Crippen LogP contribution is -2.32. The topological polar surface area (TPSA) is 123 Å². The van der Waals surface area contributed by atoms with Crippen LogP contribution in [0.15, 0.2) is 28.0 Å². The molecule has 9 heteroatoms. The maximum absolute atomic E-state index is 13.2. The molecule has 0 saturated heterocycles. The van der Waals surface area contributed by atoms with Crippen LogP contribution in [0.2, 0.25) is 0 Å². The number of carbonyl (C=O) groups excluding carboxylic acids is 1. The number of rotatable bonds is 5. The van der Waals surface area contributed by atoms with Crippen LogP contribution in [0.1, 0.15) is 75.8 Å². The zero-order valence-electron chi connectivity index (χ0n) is 18.7. The number of aromatic amines is 1. The Balaban J connectivity index is 2.14. The number of carbonyl (C=O) groups is 1. The quantitative estimate of drug-likeness (QED) is 0.649. The number of amides is 1. The minimum atomic E-state index is -0.639. The minimum absolute atomic E-state index is 0.00480. The van der Waals surface area contributed by atoms with Crippen molar-refractivity contribution in [1.82, 2.24) is 24.5 Å². The lowest BCUT2D eigenvalue weighted by atomic mass is 9.96. The highest BCUT2D eigenvalue weighted by Gasteiger charge is 2.21. The third kappa shape index (κ3) is 4.55. The van der Waals surface area contributed by atoms with Gasteiger partial charge in [-0.05, 0) is 18.4 Å². The van der Waals surface area contributed by atoms with Gasteiger partial charge in [0.25, 0.3) is 11.5 Å². The summed E-state index contributed by atoms with van der Waals surface area (Å²) < 4.78 is 1.40. The molecule has 0 atom stereocenters. The SMILES string of the molecule is CCCn1c(=O)[nH]c(=O)c2c(C(=O)Nc3cnc(C(C)(C)C)nc3)cc(C(C)C)nc21. The number of pyridine rings is 1. The summed E-state index contributed by atoms with van der Waals surface area (Å²) in [5.41, 5.74) is 0.00166. The van der Waals surface area contributed by atoms with E-state index in [0.717, 1.165) is 0 Å². The Morgan fingerprint density at radius 1 is 1.19 bits per heavy atom. The Bertz CT molecular complexity index is 1230. The second-order valence-electron chi connectivity index (χ2n) is 8.86. The van der Waals surface area contributed by atoms with E-state index < -0.39 is 17.2 Å². The fourth-order valence-corrected chi connectivity index (χ4v) is 3.18. The van der Waals surface area contributed by atoms with Crippen LogP contribution in [0.25, 0.3) is 11.0 Å². The standard InChI is InChI=1S/C22H28N6O3/c1-7-8-28-17-16(19(30)27-21(28)31)14(9-15(26-17)12(2)3)18(29)25-13-10-23-20(24-11-13)22(4,5)6/h9-12H,7-8H2,1-6H3,(H,25,29)(H,27,30,31). The van der Waals surface area contributed by atoms with Gasteiger partial charge >= 0.3 is 5.69 Å². The van der Waals surface area contributed by atoms with Gasteiger partial charge in [-0.2, -0.15) is 0 Å². The van der Waals surface area contributed by atoms with E-state index in [1.165, 1.54) is 17.0 Å². The summed E-state index contributed by atoms with van der Waals surface area (Å²) in [7, 11) is 0. The largest absolute Gasteiger partial charge is 0.329 e. The number of aryl methyl sites for hydroxylation is 1. The molecule has 9 nitrogen and oxygen atoms in total. The predicted molar refractivity (Wildman–Crippen MR) is 120 cm³/mol. The first-order valence-corrected chi connectivity index (χ1v) is 10.3. The van der Waals surface area contributed by atoms with Gasteiger partial charge in [-0.1, -0.05) is 41.5 Å². The third-order valence-corrected chi connectivity index (χ3v) is 4.83. The molecule has 0 radical (unpaired) electrons. The molecular weight excluding hydrogens is 396 g/mol. The van der Waals surface area contributed by atoms with Crippen LogP contribution in [-0.4, -0.2) is 30.4 Å². The Morgan fingerprint density at radius 3 is 2.39 bits per heavy atom. The second kappa shape index (κ2) is 8.41. The van der Waals surface area contributed by atoms with E-state index in [1.54, 1.807) is 6.07 Å². The molecule has 164 valence electrons. The van der Waals surface area contributed by atoms with E-state index >= 15 is 0 Å². The summed E-state index contributed by atoms with van der Waals surface area (Å²) in [6, 6.07) is 1.60. The molecule has 0 fully saturated rings. The lowest BCUT2D eigenvalue weighted by Gasteiger charge is -2.16. The highest BCUT2D eigenvalue weighted by Crippen LogP contribution is 2.22. The number of hydrogen-bond acceptors (Lipinski definition) is 6.